The third-order valence-corrected chi connectivity index (χ3v) is 4.92. The molecule has 2 aromatic rings. The summed E-state index contributed by atoms with van der Waals surface area (Å²) < 4.78 is 12.0. The van der Waals surface area contributed by atoms with Crippen LogP contribution in [0.1, 0.15) is 44.7 Å². The van der Waals surface area contributed by atoms with Crippen molar-refractivity contribution in [3.05, 3.63) is 71.8 Å². The van der Waals surface area contributed by atoms with Gasteiger partial charge in [-0.25, -0.2) is 4.79 Å². The van der Waals surface area contributed by atoms with E-state index < -0.39 is 5.60 Å². The Kier molecular flexibility index (Phi) is 11.6. The van der Waals surface area contributed by atoms with Gasteiger partial charge in [-0.15, -0.1) is 12.4 Å². The third kappa shape index (κ3) is 6.56. The maximum absolute atomic E-state index is 13.4. The fourth-order valence-corrected chi connectivity index (χ4v) is 3.32. The maximum atomic E-state index is 13.4. The Morgan fingerprint density at radius 1 is 0.862 bits per heavy atom. The van der Waals surface area contributed by atoms with Crippen molar-refractivity contribution in [3.63, 3.8) is 0 Å². The van der Waals surface area contributed by atoms with Gasteiger partial charge in [0, 0.05) is 13.2 Å². The summed E-state index contributed by atoms with van der Waals surface area (Å²) in [5, 5.41) is 0. The average Bonchev–Trinajstić information content (AvgIpc) is 2.76. The molecule has 0 saturated carbocycles. The molecule has 0 aromatic heterocycles. The molecule has 0 spiro atoms. The van der Waals surface area contributed by atoms with Gasteiger partial charge < -0.3 is 14.4 Å². The predicted octanol–water partition coefficient (Wildman–Crippen LogP) is 5.05. The van der Waals surface area contributed by atoms with E-state index in [0.717, 1.165) is 43.6 Å². The highest BCUT2D eigenvalue weighted by molar-refractivity contribution is 5.86. The Labute approximate surface area is 181 Å². The maximum Gasteiger partial charge on any atom is 0.347 e. The first-order chi connectivity index (χ1) is 13.7. The summed E-state index contributed by atoms with van der Waals surface area (Å²) in [7, 11) is 0. The quantitative estimate of drug-likeness (QED) is 0.356. The monoisotopic (exact) mass is 419 g/mol. The van der Waals surface area contributed by atoms with Crippen molar-refractivity contribution in [2.45, 2.75) is 39.2 Å². The van der Waals surface area contributed by atoms with E-state index in [2.05, 4.69) is 18.7 Å². The van der Waals surface area contributed by atoms with E-state index in [0.29, 0.717) is 13.2 Å². The molecule has 0 atom stereocenters. The van der Waals surface area contributed by atoms with E-state index in [-0.39, 0.29) is 18.4 Å². The lowest BCUT2D eigenvalue weighted by Crippen LogP contribution is -2.42. The molecule has 0 saturated heterocycles. The average molecular weight is 420 g/mol. The molecule has 0 aliphatic carbocycles. The van der Waals surface area contributed by atoms with Crippen LogP contribution >= 0.6 is 12.4 Å². The van der Waals surface area contributed by atoms with Crippen LogP contribution in [-0.4, -0.2) is 43.7 Å². The number of nitrogens with zero attached hydrogens (tertiary/aromatic N) is 1. The summed E-state index contributed by atoms with van der Waals surface area (Å²) in [6.45, 7) is 10.1. The van der Waals surface area contributed by atoms with E-state index in [9.17, 15) is 4.79 Å². The molecule has 29 heavy (non-hydrogen) atoms. The number of carbonyl (C=O) groups is 1. The van der Waals surface area contributed by atoms with Crippen molar-refractivity contribution >= 4 is 18.4 Å². The van der Waals surface area contributed by atoms with Crippen molar-refractivity contribution in [1.29, 1.82) is 0 Å². The van der Waals surface area contributed by atoms with Crippen LogP contribution < -0.4 is 0 Å². The van der Waals surface area contributed by atoms with Gasteiger partial charge in [0.2, 0.25) is 5.60 Å². The molecular formula is C24H34ClNO3. The predicted molar refractivity (Wildman–Crippen MR) is 121 cm³/mol. The molecular weight excluding hydrogens is 386 g/mol. The molecule has 2 aromatic carbocycles. The lowest BCUT2D eigenvalue weighted by atomic mass is 9.86. The highest BCUT2D eigenvalue weighted by atomic mass is 35.5. The summed E-state index contributed by atoms with van der Waals surface area (Å²) in [6, 6.07) is 19.3. The zero-order chi connectivity index (χ0) is 20.2. The van der Waals surface area contributed by atoms with Crippen molar-refractivity contribution in [2.24, 2.45) is 0 Å². The van der Waals surface area contributed by atoms with Crippen LogP contribution in [0.15, 0.2) is 60.7 Å². The Balaban J connectivity index is 0.00000420. The number of ether oxygens (including phenoxy) is 2. The van der Waals surface area contributed by atoms with Gasteiger partial charge in [0.05, 0.1) is 6.61 Å². The summed E-state index contributed by atoms with van der Waals surface area (Å²) in [5.41, 5.74) is 0.347. The minimum atomic E-state index is -1.24. The number of halogens is 1. The number of hydrogen-bond acceptors (Lipinski definition) is 4. The fourth-order valence-electron chi connectivity index (χ4n) is 3.32. The summed E-state index contributed by atoms with van der Waals surface area (Å²) in [5.74, 6) is -0.349. The Hall–Kier alpha value is -1.88. The topological polar surface area (TPSA) is 38.8 Å². The van der Waals surface area contributed by atoms with Crippen LogP contribution in [0.4, 0.5) is 0 Å². The highest BCUT2D eigenvalue weighted by Crippen LogP contribution is 2.35. The second kappa shape index (κ2) is 13.4. The first-order valence-corrected chi connectivity index (χ1v) is 10.3. The molecule has 0 radical (unpaired) electrons. The molecule has 0 amide bonds. The van der Waals surface area contributed by atoms with Crippen LogP contribution in [-0.2, 0) is 19.9 Å². The molecule has 4 nitrogen and oxygen atoms in total. The first kappa shape index (κ1) is 25.2. The van der Waals surface area contributed by atoms with Crippen molar-refractivity contribution in [1.82, 2.24) is 4.90 Å². The SMILES string of the molecule is CCCOC(C(=O)OCCCN(CC)CC)(c1ccccc1)c1ccccc1.Cl. The first-order valence-electron chi connectivity index (χ1n) is 10.3. The number of rotatable bonds is 12. The largest absolute Gasteiger partial charge is 0.463 e. The van der Waals surface area contributed by atoms with Gasteiger partial charge in [-0.05, 0) is 37.1 Å². The number of hydrogen-bond donors (Lipinski definition) is 0. The molecule has 160 valence electrons. The van der Waals surface area contributed by atoms with E-state index in [4.69, 9.17) is 9.47 Å². The lowest BCUT2D eigenvalue weighted by Gasteiger charge is -2.32. The van der Waals surface area contributed by atoms with Gasteiger partial charge in [-0.1, -0.05) is 81.4 Å². The lowest BCUT2D eigenvalue weighted by molar-refractivity contribution is -0.169. The van der Waals surface area contributed by atoms with Crippen LogP contribution in [0.2, 0.25) is 0 Å². The van der Waals surface area contributed by atoms with Gasteiger partial charge in [0.15, 0.2) is 0 Å². The molecule has 0 fully saturated rings. The summed E-state index contributed by atoms with van der Waals surface area (Å²) in [6.07, 6.45) is 1.62. The van der Waals surface area contributed by atoms with E-state index in [1.807, 2.05) is 67.6 Å². The van der Waals surface area contributed by atoms with E-state index in [1.54, 1.807) is 0 Å². The smallest absolute Gasteiger partial charge is 0.347 e. The molecule has 0 heterocycles. The molecule has 0 bridgehead atoms. The Morgan fingerprint density at radius 2 is 1.38 bits per heavy atom. The third-order valence-electron chi connectivity index (χ3n) is 4.92. The van der Waals surface area contributed by atoms with E-state index >= 15 is 0 Å². The number of esters is 1. The van der Waals surface area contributed by atoms with Crippen molar-refractivity contribution < 1.29 is 14.3 Å². The standard InChI is InChI=1S/C24H33NO3.ClH/c1-4-19-28-24(21-14-9-7-10-15-21,22-16-11-8-12-17-22)23(26)27-20-13-18-25(5-2)6-3;/h7-12,14-17H,4-6,13,18-20H2,1-3H3;1H. The number of benzene rings is 2. The van der Waals surface area contributed by atoms with Crippen molar-refractivity contribution in [3.8, 4) is 0 Å². The molecule has 5 heteroatoms. The minimum absolute atomic E-state index is 0. The van der Waals surface area contributed by atoms with Gasteiger partial charge in [-0.2, -0.15) is 0 Å². The summed E-state index contributed by atoms with van der Waals surface area (Å²) in [4.78, 5) is 15.7. The highest BCUT2D eigenvalue weighted by Gasteiger charge is 2.44. The second-order valence-electron chi connectivity index (χ2n) is 6.78. The van der Waals surface area contributed by atoms with Crippen molar-refractivity contribution in [2.75, 3.05) is 32.8 Å². The molecule has 2 rings (SSSR count). The molecule has 0 unspecified atom stereocenters. The van der Waals surface area contributed by atoms with Crippen LogP contribution in [0.25, 0.3) is 0 Å². The molecule has 0 aliphatic rings. The van der Waals surface area contributed by atoms with Crippen LogP contribution in [0.5, 0.6) is 0 Å². The van der Waals surface area contributed by atoms with Crippen LogP contribution in [0, 0.1) is 0 Å². The number of carbonyl (C=O) groups excluding carboxylic acids is 1. The Bertz CT molecular complexity index is 650. The molecule has 0 N–H and O–H groups in total. The molecule has 0 aliphatic heterocycles. The van der Waals surface area contributed by atoms with Crippen LogP contribution in [0.3, 0.4) is 0 Å². The minimum Gasteiger partial charge on any atom is -0.463 e. The second-order valence-corrected chi connectivity index (χ2v) is 6.78. The van der Waals surface area contributed by atoms with Gasteiger partial charge >= 0.3 is 5.97 Å². The zero-order valence-electron chi connectivity index (χ0n) is 17.8. The van der Waals surface area contributed by atoms with Gasteiger partial charge in [0.25, 0.3) is 0 Å². The van der Waals surface area contributed by atoms with E-state index in [1.165, 1.54) is 0 Å². The fraction of sp³-hybridized carbons (Fsp3) is 0.458. The van der Waals surface area contributed by atoms with Gasteiger partial charge in [-0.3, -0.25) is 0 Å². The van der Waals surface area contributed by atoms with Gasteiger partial charge in [0.1, 0.15) is 0 Å². The Morgan fingerprint density at radius 3 is 1.83 bits per heavy atom. The normalized spacial score (nSPS) is 11.2. The summed E-state index contributed by atoms with van der Waals surface area (Å²) >= 11 is 0. The zero-order valence-corrected chi connectivity index (χ0v) is 18.6.